The number of aromatic nitrogens is 1. The van der Waals surface area contributed by atoms with E-state index in [1.165, 1.54) is 5.39 Å². The molecule has 2 heterocycles. The summed E-state index contributed by atoms with van der Waals surface area (Å²) in [5.74, 6) is 0.928. The molecule has 0 spiro atoms. The van der Waals surface area contributed by atoms with Gasteiger partial charge in [0.2, 0.25) is 0 Å². The van der Waals surface area contributed by atoms with Crippen LogP contribution in [0, 0.1) is 6.92 Å². The first-order chi connectivity index (χ1) is 8.84. The van der Waals surface area contributed by atoms with Crippen molar-refractivity contribution in [3.8, 4) is 11.3 Å². The van der Waals surface area contributed by atoms with E-state index in [4.69, 9.17) is 9.40 Å². The second-order valence-electron chi connectivity index (χ2n) is 4.51. The number of rotatable bonds is 0. The SMILES string of the molecule is Cc1oc2ccccc2c2nc3ccccc3c1-2. The van der Waals surface area contributed by atoms with Gasteiger partial charge in [0.15, 0.2) is 0 Å². The predicted molar refractivity (Wildman–Crippen MR) is 72.9 cm³/mol. The molecule has 0 atom stereocenters. The zero-order valence-electron chi connectivity index (χ0n) is 9.97. The van der Waals surface area contributed by atoms with Crippen LogP contribution in [0.25, 0.3) is 33.1 Å². The molecule has 0 saturated heterocycles. The van der Waals surface area contributed by atoms with Gasteiger partial charge in [0.1, 0.15) is 11.3 Å². The van der Waals surface area contributed by atoms with Gasteiger partial charge in [0.05, 0.1) is 11.2 Å². The minimum Gasteiger partial charge on any atom is -0.461 e. The summed E-state index contributed by atoms with van der Waals surface area (Å²) in [5.41, 5.74) is 4.09. The van der Waals surface area contributed by atoms with Crippen molar-refractivity contribution in [2.75, 3.05) is 0 Å². The lowest BCUT2D eigenvalue weighted by Crippen LogP contribution is -1.85. The van der Waals surface area contributed by atoms with Crippen LogP contribution in [-0.2, 0) is 0 Å². The first-order valence-electron chi connectivity index (χ1n) is 6.01. The molecular formula is C16H11NO. The molecule has 2 nitrogen and oxygen atoms in total. The van der Waals surface area contributed by atoms with Crippen LogP contribution in [0.1, 0.15) is 5.76 Å². The number of benzene rings is 2. The van der Waals surface area contributed by atoms with Crippen molar-refractivity contribution in [1.29, 1.82) is 0 Å². The molecule has 4 rings (SSSR count). The molecule has 0 bridgehead atoms. The molecule has 0 saturated carbocycles. The lowest BCUT2D eigenvalue weighted by atomic mass is 10.0. The molecule has 86 valence electrons. The molecule has 0 radical (unpaired) electrons. The lowest BCUT2D eigenvalue weighted by molar-refractivity contribution is 0.568. The van der Waals surface area contributed by atoms with E-state index in [9.17, 15) is 0 Å². The average molecular weight is 233 g/mol. The molecule has 2 aromatic carbocycles. The summed E-state index contributed by atoms with van der Waals surface area (Å²) < 4.78 is 5.90. The van der Waals surface area contributed by atoms with E-state index in [0.29, 0.717) is 0 Å². The molecule has 2 aliphatic rings. The van der Waals surface area contributed by atoms with Crippen LogP contribution in [0.2, 0.25) is 0 Å². The first kappa shape index (κ1) is 9.66. The second-order valence-corrected chi connectivity index (χ2v) is 4.51. The van der Waals surface area contributed by atoms with E-state index in [2.05, 4.69) is 12.1 Å². The minimum atomic E-state index is 0.894. The molecule has 2 aliphatic heterocycles. The third-order valence-electron chi connectivity index (χ3n) is 3.40. The maximum absolute atomic E-state index is 5.90. The van der Waals surface area contributed by atoms with Crippen LogP contribution in [-0.4, -0.2) is 4.98 Å². The van der Waals surface area contributed by atoms with E-state index in [1.807, 2.05) is 43.3 Å². The van der Waals surface area contributed by atoms with Gasteiger partial charge in [-0.15, -0.1) is 0 Å². The van der Waals surface area contributed by atoms with Crippen molar-refractivity contribution >= 4 is 21.9 Å². The van der Waals surface area contributed by atoms with E-state index >= 15 is 0 Å². The molecule has 18 heavy (non-hydrogen) atoms. The smallest absolute Gasteiger partial charge is 0.136 e. The Balaban J connectivity index is 2.32. The quantitative estimate of drug-likeness (QED) is 0.450. The molecule has 2 heteroatoms. The Morgan fingerprint density at radius 3 is 2.50 bits per heavy atom. The first-order valence-corrected chi connectivity index (χ1v) is 6.01. The summed E-state index contributed by atoms with van der Waals surface area (Å²) in [5, 5.41) is 2.24. The predicted octanol–water partition coefficient (Wildman–Crippen LogP) is 4.39. The Kier molecular flexibility index (Phi) is 1.78. The lowest BCUT2D eigenvalue weighted by Gasteiger charge is -2.06. The summed E-state index contributed by atoms with van der Waals surface area (Å²) in [6.07, 6.45) is 0. The third kappa shape index (κ3) is 1.15. The number of hydrogen-bond acceptors (Lipinski definition) is 2. The van der Waals surface area contributed by atoms with Gasteiger partial charge >= 0.3 is 0 Å². The number of hydrogen-bond donors (Lipinski definition) is 0. The van der Waals surface area contributed by atoms with E-state index in [1.54, 1.807) is 0 Å². The summed E-state index contributed by atoms with van der Waals surface area (Å²) in [6.45, 7) is 2.00. The Bertz CT molecular complexity index is 844. The van der Waals surface area contributed by atoms with Crippen LogP contribution < -0.4 is 0 Å². The zero-order chi connectivity index (χ0) is 12.1. The van der Waals surface area contributed by atoms with Crippen molar-refractivity contribution in [3.63, 3.8) is 0 Å². The van der Waals surface area contributed by atoms with E-state index in [-0.39, 0.29) is 0 Å². The summed E-state index contributed by atoms with van der Waals surface area (Å²) >= 11 is 0. The number of nitrogens with zero attached hydrogens (tertiary/aromatic N) is 1. The van der Waals surface area contributed by atoms with Gasteiger partial charge in [-0.05, 0) is 25.1 Å². The molecule has 2 aromatic rings. The van der Waals surface area contributed by atoms with Crippen molar-refractivity contribution in [2.24, 2.45) is 0 Å². The number of fused-ring (bicyclic) bond motifs is 5. The average Bonchev–Trinajstić information content (AvgIpc) is 2.79. The van der Waals surface area contributed by atoms with Crippen molar-refractivity contribution < 1.29 is 4.42 Å². The Labute approximate surface area is 104 Å². The molecule has 0 fully saturated rings. The molecule has 0 unspecified atom stereocenters. The van der Waals surface area contributed by atoms with Gasteiger partial charge in [0.25, 0.3) is 0 Å². The fourth-order valence-corrected chi connectivity index (χ4v) is 2.60. The third-order valence-corrected chi connectivity index (χ3v) is 3.40. The van der Waals surface area contributed by atoms with E-state index < -0.39 is 0 Å². The van der Waals surface area contributed by atoms with Crippen LogP contribution in [0.5, 0.6) is 0 Å². The van der Waals surface area contributed by atoms with Gasteiger partial charge in [-0.2, -0.15) is 0 Å². The Morgan fingerprint density at radius 2 is 1.61 bits per heavy atom. The van der Waals surface area contributed by atoms with Crippen LogP contribution in [0.15, 0.2) is 52.9 Å². The highest BCUT2D eigenvalue weighted by Crippen LogP contribution is 2.38. The van der Waals surface area contributed by atoms with Crippen LogP contribution in [0.4, 0.5) is 0 Å². The fraction of sp³-hybridized carbons (Fsp3) is 0.0625. The molecule has 0 amide bonds. The minimum absolute atomic E-state index is 0.894. The maximum atomic E-state index is 5.90. The highest BCUT2D eigenvalue weighted by Gasteiger charge is 2.18. The van der Waals surface area contributed by atoms with E-state index in [0.717, 1.165) is 33.5 Å². The topological polar surface area (TPSA) is 26.0 Å². The number of aryl methyl sites for hydroxylation is 1. The zero-order valence-corrected chi connectivity index (χ0v) is 9.97. The molecular weight excluding hydrogens is 222 g/mol. The van der Waals surface area contributed by atoms with Gasteiger partial charge in [0, 0.05) is 16.3 Å². The van der Waals surface area contributed by atoms with Gasteiger partial charge in [-0.1, -0.05) is 30.3 Å². The maximum Gasteiger partial charge on any atom is 0.136 e. The summed E-state index contributed by atoms with van der Waals surface area (Å²) in [6, 6.07) is 16.3. The summed E-state index contributed by atoms with van der Waals surface area (Å²) in [7, 11) is 0. The highest BCUT2D eigenvalue weighted by atomic mass is 16.3. The monoisotopic (exact) mass is 233 g/mol. The highest BCUT2D eigenvalue weighted by molar-refractivity contribution is 6.06. The van der Waals surface area contributed by atoms with Crippen molar-refractivity contribution in [3.05, 3.63) is 54.3 Å². The summed E-state index contributed by atoms with van der Waals surface area (Å²) in [4.78, 5) is 4.74. The largest absolute Gasteiger partial charge is 0.461 e. The van der Waals surface area contributed by atoms with Crippen molar-refractivity contribution in [1.82, 2.24) is 4.98 Å². The Hall–Kier alpha value is -2.35. The molecule has 0 aromatic heterocycles. The number of para-hydroxylation sites is 2. The fourth-order valence-electron chi connectivity index (χ4n) is 2.60. The second kappa shape index (κ2) is 3.33. The van der Waals surface area contributed by atoms with Gasteiger partial charge < -0.3 is 4.42 Å². The van der Waals surface area contributed by atoms with Crippen molar-refractivity contribution in [2.45, 2.75) is 6.92 Å². The standard InChI is InChI=1S/C16H11NO/c1-10-15-11-6-2-4-8-13(11)17-16(15)12-7-3-5-9-14(12)18-10/h2-9H,1H3. The van der Waals surface area contributed by atoms with Gasteiger partial charge in [-0.25, -0.2) is 4.98 Å². The molecule has 0 aliphatic carbocycles. The van der Waals surface area contributed by atoms with Gasteiger partial charge in [-0.3, -0.25) is 0 Å². The Morgan fingerprint density at radius 1 is 0.889 bits per heavy atom. The molecule has 0 N–H and O–H groups in total. The van der Waals surface area contributed by atoms with Crippen LogP contribution >= 0.6 is 0 Å². The normalized spacial score (nSPS) is 11.6. The van der Waals surface area contributed by atoms with Crippen LogP contribution in [0.3, 0.4) is 0 Å².